The van der Waals surface area contributed by atoms with E-state index in [9.17, 15) is 0 Å². The number of allylic oxidation sites excluding steroid dienone is 3. The van der Waals surface area contributed by atoms with Crippen LogP contribution in [0.25, 0.3) is 0 Å². The zero-order chi connectivity index (χ0) is 8.27. The van der Waals surface area contributed by atoms with Crippen LogP contribution < -0.4 is 5.32 Å². The minimum atomic E-state index is 0.843. The Morgan fingerprint density at radius 2 is 2.45 bits per heavy atom. The molecule has 0 saturated carbocycles. The van der Waals surface area contributed by atoms with E-state index in [0.29, 0.717) is 0 Å². The Balaban J connectivity index is 2.84. The quantitative estimate of drug-likeness (QED) is 0.599. The topological polar surface area (TPSA) is 12.0 Å². The van der Waals surface area contributed by atoms with E-state index in [1.165, 1.54) is 5.57 Å². The Morgan fingerprint density at radius 1 is 1.73 bits per heavy atom. The predicted octanol–water partition coefficient (Wildman–Crippen LogP) is 2.16. The fourth-order valence-electron chi connectivity index (χ4n) is 0.966. The van der Waals surface area contributed by atoms with Crippen molar-refractivity contribution in [2.45, 2.75) is 6.92 Å². The Bertz CT molecular complexity index is 244. The van der Waals surface area contributed by atoms with E-state index in [-0.39, 0.29) is 0 Å². The Hall–Kier alpha value is -1.24. The molecule has 1 heterocycles. The molecule has 0 saturated heterocycles. The molecule has 0 radical (unpaired) electrons. The molecule has 1 nitrogen and oxygen atoms in total. The summed E-state index contributed by atoms with van der Waals surface area (Å²) in [6.45, 7) is 10.6. The lowest BCUT2D eigenvalue weighted by Crippen LogP contribution is -2.14. The van der Waals surface area contributed by atoms with Gasteiger partial charge in [-0.1, -0.05) is 24.8 Å². The summed E-state index contributed by atoms with van der Waals surface area (Å²) in [7, 11) is 0. The molecule has 1 rings (SSSR count). The Labute approximate surface area is 67.8 Å². The first-order chi connectivity index (χ1) is 5.20. The molecular weight excluding hydrogens is 134 g/mol. The van der Waals surface area contributed by atoms with Crippen molar-refractivity contribution in [1.82, 2.24) is 5.32 Å². The minimum Gasteiger partial charge on any atom is -0.387 e. The lowest BCUT2D eigenvalue weighted by molar-refractivity contribution is 0.926. The number of hydrogen-bond acceptors (Lipinski definition) is 1. The lowest BCUT2D eigenvalue weighted by atomic mass is 10.0. The molecule has 0 aromatic heterocycles. The second kappa shape index (κ2) is 3.24. The molecule has 0 atom stereocenters. The van der Waals surface area contributed by atoms with Crippen molar-refractivity contribution in [2.24, 2.45) is 0 Å². The predicted molar refractivity (Wildman–Crippen MR) is 49.2 cm³/mol. The average molecular weight is 147 g/mol. The third-order valence-corrected chi connectivity index (χ3v) is 1.51. The second-order valence-corrected chi connectivity index (χ2v) is 2.76. The number of hydrogen-bond donors (Lipinski definition) is 1. The summed E-state index contributed by atoms with van der Waals surface area (Å²) in [6.07, 6.45) is 5.99. The maximum absolute atomic E-state index is 3.93. The summed E-state index contributed by atoms with van der Waals surface area (Å²) in [4.78, 5) is 0. The van der Waals surface area contributed by atoms with Crippen LogP contribution >= 0.6 is 0 Å². The van der Waals surface area contributed by atoms with Gasteiger partial charge < -0.3 is 5.32 Å². The van der Waals surface area contributed by atoms with Crippen LogP contribution in [0, 0.1) is 0 Å². The molecule has 0 aliphatic carbocycles. The molecule has 1 heteroatoms. The largest absolute Gasteiger partial charge is 0.387 e. The van der Waals surface area contributed by atoms with Crippen LogP contribution in [0.15, 0.2) is 48.2 Å². The van der Waals surface area contributed by atoms with E-state index < -0.39 is 0 Å². The van der Waals surface area contributed by atoms with Gasteiger partial charge in [0.1, 0.15) is 0 Å². The molecule has 11 heavy (non-hydrogen) atoms. The second-order valence-electron chi connectivity index (χ2n) is 2.76. The molecule has 0 unspecified atom stereocenters. The van der Waals surface area contributed by atoms with Gasteiger partial charge in [-0.05, 0) is 30.3 Å². The fraction of sp³-hybridized carbons (Fsp3) is 0.200. The van der Waals surface area contributed by atoms with E-state index in [1.807, 2.05) is 25.3 Å². The molecule has 0 fully saturated rings. The van der Waals surface area contributed by atoms with Crippen LogP contribution in [0.4, 0.5) is 0 Å². The molecule has 1 aliphatic heterocycles. The van der Waals surface area contributed by atoms with Gasteiger partial charge in [0.25, 0.3) is 0 Å². The molecule has 1 aliphatic rings. The van der Waals surface area contributed by atoms with E-state index in [4.69, 9.17) is 0 Å². The van der Waals surface area contributed by atoms with Crippen molar-refractivity contribution in [3.05, 3.63) is 48.2 Å². The Kier molecular flexibility index (Phi) is 2.32. The first kappa shape index (κ1) is 7.86. The standard InChI is InChI=1S/C10H13N/c1-8(2)6-10-4-5-11-7-9(10)3/h4-6,11H,1,3,7H2,2H3/b10-6-. The highest BCUT2D eigenvalue weighted by Crippen LogP contribution is 2.13. The van der Waals surface area contributed by atoms with Crippen LogP contribution in [-0.2, 0) is 0 Å². The summed E-state index contributed by atoms with van der Waals surface area (Å²) in [5.74, 6) is 0. The monoisotopic (exact) mass is 147 g/mol. The van der Waals surface area contributed by atoms with E-state index in [2.05, 4.69) is 18.5 Å². The summed E-state index contributed by atoms with van der Waals surface area (Å²) in [5, 5.41) is 3.09. The van der Waals surface area contributed by atoms with Crippen LogP contribution in [-0.4, -0.2) is 6.54 Å². The van der Waals surface area contributed by atoms with E-state index in [1.54, 1.807) is 0 Å². The summed E-state index contributed by atoms with van der Waals surface area (Å²) in [5.41, 5.74) is 3.36. The van der Waals surface area contributed by atoms with Gasteiger partial charge >= 0.3 is 0 Å². The highest BCUT2D eigenvalue weighted by molar-refractivity contribution is 5.44. The van der Waals surface area contributed by atoms with Gasteiger partial charge in [-0.15, -0.1) is 0 Å². The molecule has 58 valence electrons. The van der Waals surface area contributed by atoms with Crippen LogP contribution in [0.5, 0.6) is 0 Å². The molecule has 1 N–H and O–H groups in total. The summed E-state index contributed by atoms with van der Waals surface area (Å²) < 4.78 is 0. The molecular formula is C10H13N. The highest BCUT2D eigenvalue weighted by Gasteiger charge is 2.01. The van der Waals surface area contributed by atoms with Gasteiger partial charge in [0.15, 0.2) is 0 Å². The maximum atomic E-state index is 3.93. The van der Waals surface area contributed by atoms with Gasteiger partial charge in [-0.2, -0.15) is 0 Å². The zero-order valence-corrected chi connectivity index (χ0v) is 6.85. The molecule has 0 aromatic rings. The van der Waals surface area contributed by atoms with Crippen molar-refractivity contribution in [3.8, 4) is 0 Å². The summed E-state index contributed by atoms with van der Waals surface area (Å²) >= 11 is 0. The number of nitrogens with one attached hydrogen (secondary N) is 1. The van der Waals surface area contributed by atoms with Crippen molar-refractivity contribution < 1.29 is 0 Å². The molecule has 0 aromatic carbocycles. The smallest absolute Gasteiger partial charge is 0.0395 e. The van der Waals surface area contributed by atoms with E-state index in [0.717, 1.165) is 17.7 Å². The van der Waals surface area contributed by atoms with Gasteiger partial charge in [0.05, 0.1) is 0 Å². The molecule has 0 amide bonds. The van der Waals surface area contributed by atoms with Crippen LogP contribution in [0.3, 0.4) is 0 Å². The van der Waals surface area contributed by atoms with E-state index >= 15 is 0 Å². The first-order valence-electron chi connectivity index (χ1n) is 3.65. The fourth-order valence-corrected chi connectivity index (χ4v) is 0.966. The highest BCUT2D eigenvalue weighted by atomic mass is 14.8. The van der Waals surface area contributed by atoms with Crippen molar-refractivity contribution in [2.75, 3.05) is 6.54 Å². The van der Waals surface area contributed by atoms with Crippen molar-refractivity contribution in [3.63, 3.8) is 0 Å². The van der Waals surface area contributed by atoms with Gasteiger partial charge in [0, 0.05) is 6.54 Å². The average Bonchev–Trinajstić information content (AvgIpc) is 1.93. The Morgan fingerprint density at radius 3 is 3.00 bits per heavy atom. The zero-order valence-electron chi connectivity index (χ0n) is 6.85. The van der Waals surface area contributed by atoms with Crippen LogP contribution in [0.2, 0.25) is 0 Å². The molecule has 0 bridgehead atoms. The SMILES string of the molecule is C=C(C)/C=C1/C=CNCC1=C. The molecule has 0 spiro atoms. The third-order valence-electron chi connectivity index (χ3n) is 1.51. The minimum absolute atomic E-state index is 0.843. The van der Waals surface area contributed by atoms with Crippen molar-refractivity contribution in [1.29, 1.82) is 0 Å². The summed E-state index contributed by atoms with van der Waals surface area (Å²) in [6, 6.07) is 0. The van der Waals surface area contributed by atoms with Gasteiger partial charge in [-0.25, -0.2) is 0 Å². The maximum Gasteiger partial charge on any atom is 0.0395 e. The van der Waals surface area contributed by atoms with Crippen LogP contribution in [0.1, 0.15) is 6.92 Å². The number of rotatable bonds is 1. The third kappa shape index (κ3) is 2.11. The van der Waals surface area contributed by atoms with Gasteiger partial charge in [0.2, 0.25) is 0 Å². The normalized spacial score (nSPS) is 20.1. The van der Waals surface area contributed by atoms with Gasteiger partial charge in [-0.3, -0.25) is 0 Å². The lowest BCUT2D eigenvalue weighted by Gasteiger charge is -2.12. The first-order valence-corrected chi connectivity index (χ1v) is 3.65. The van der Waals surface area contributed by atoms with Crippen molar-refractivity contribution >= 4 is 0 Å².